The van der Waals surface area contributed by atoms with Crippen LogP contribution in [0.3, 0.4) is 0 Å². The van der Waals surface area contributed by atoms with Crippen molar-refractivity contribution in [2.45, 2.75) is 19.2 Å². The Morgan fingerprint density at radius 1 is 1.17 bits per heavy atom. The van der Waals surface area contributed by atoms with Crippen LogP contribution in [0.15, 0.2) is 35.9 Å². The lowest BCUT2D eigenvalue weighted by Crippen LogP contribution is -2.50. The minimum absolute atomic E-state index is 0.257. The number of halogens is 1. The van der Waals surface area contributed by atoms with Crippen molar-refractivity contribution < 1.29 is 23.2 Å². The molecule has 1 aromatic carbocycles. The Morgan fingerprint density at radius 3 is 2.39 bits per heavy atom. The van der Waals surface area contributed by atoms with Crippen molar-refractivity contribution in [2.75, 3.05) is 7.05 Å². The molecule has 1 saturated heterocycles. The van der Waals surface area contributed by atoms with Gasteiger partial charge >= 0.3 is 6.83 Å². The zero-order chi connectivity index (χ0) is 16.4. The fraction of sp³-hybridized carbons (Fsp3) is 0.375. The third-order valence-corrected chi connectivity index (χ3v) is 5.01. The number of imide groups is 1. The van der Waals surface area contributed by atoms with E-state index < -0.39 is 24.5 Å². The molecule has 1 fully saturated rings. The normalized spacial score (nSPS) is 31.2. The average molecular weight is 316 g/mol. The van der Waals surface area contributed by atoms with Crippen LogP contribution in [-0.4, -0.2) is 30.6 Å². The van der Waals surface area contributed by atoms with Gasteiger partial charge < -0.3 is 13.6 Å². The molecule has 0 radical (unpaired) electrons. The van der Waals surface area contributed by atoms with Gasteiger partial charge in [-0.15, -0.1) is 6.08 Å². The van der Waals surface area contributed by atoms with E-state index in [1.165, 1.54) is 7.05 Å². The lowest BCUT2D eigenvalue weighted by atomic mass is 9.55. The first-order chi connectivity index (χ1) is 10.9. The van der Waals surface area contributed by atoms with Gasteiger partial charge in [-0.1, -0.05) is 17.7 Å². The molecular weight excluding hydrogens is 300 g/mol. The number of benzene rings is 1. The zero-order valence-electron chi connectivity index (χ0n) is 12.9. The predicted octanol–water partition coefficient (Wildman–Crippen LogP) is 2.32. The first kappa shape index (κ1) is 14.3. The molecule has 0 bridgehead atoms. The molecule has 2 heterocycles. The van der Waals surface area contributed by atoms with E-state index in [4.69, 9.17) is 9.31 Å². The van der Waals surface area contributed by atoms with Gasteiger partial charge in [-0.2, -0.15) is 0 Å². The van der Waals surface area contributed by atoms with Crippen molar-refractivity contribution >= 4 is 18.6 Å². The lowest BCUT2D eigenvalue weighted by Gasteiger charge is -2.40. The van der Waals surface area contributed by atoms with Gasteiger partial charge in [0.2, 0.25) is 11.8 Å². The molecule has 0 aromatic heterocycles. The minimum atomic E-state index is -3.25. The number of allylic oxidation sites excluding steroid dienone is 2. The van der Waals surface area contributed by atoms with E-state index in [-0.39, 0.29) is 11.8 Å². The van der Waals surface area contributed by atoms with Gasteiger partial charge in [0.15, 0.2) is 0 Å². The number of hydrogen-bond donors (Lipinski definition) is 0. The van der Waals surface area contributed by atoms with E-state index >= 15 is 4.32 Å². The van der Waals surface area contributed by atoms with Crippen LogP contribution in [0.5, 0.6) is 11.5 Å². The fourth-order valence-electron chi connectivity index (χ4n) is 3.94. The number of para-hydroxylation sites is 2. The SMILES string of the molecule is CC1=C[C@@H]([B-]2(F)Oc3ccccc3O2)[C@H]2C(=O)N(C)C(=O)[C@H]2C1. The molecular formula is C16H16BFNO4-. The summed E-state index contributed by atoms with van der Waals surface area (Å²) in [6.45, 7) is -1.42. The zero-order valence-corrected chi connectivity index (χ0v) is 12.9. The van der Waals surface area contributed by atoms with Crippen LogP contribution >= 0.6 is 0 Å². The largest absolute Gasteiger partial charge is 0.654 e. The van der Waals surface area contributed by atoms with E-state index in [1.807, 2.05) is 6.92 Å². The maximum absolute atomic E-state index is 15.5. The van der Waals surface area contributed by atoms with E-state index in [0.717, 1.165) is 10.5 Å². The average Bonchev–Trinajstić information content (AvgIpc) is 2.98. The Morgan fingerprint density at radius 2 is 1.78 bits per heavy atom. The van der Waals surface area contributed by atoms with Gasteiger partial charge in [0.25, 0.3) is 0 Å². The van der Waals surface area contributed by atoms with Gasteiger partial charge in [-0.05, 0) is 31.3 Å². The van der Waals surface area contributed by atoms with Gasteiger partial charge in [0.05, 0.1) is 5.92 Å². The number of amides is 2. The molecule has 3 atom stereocenters. The molecule has 3 aliphatic rings. The Balaban J connectivity index is 1.75. The standard InChI is InChI=1S/C16H16BFNO4/c1-9-7-10-14(16(21)19(2)15(10)20)11(8-9)17(18)22-12-5-3-4-6-13(12)23-17/h3-6,8,10-11,14H,7H2,1-2H3/q-1/t10-,11+,14-/m0/s1. The summed E-state index contributed by atoms with van der Waals surface area (Å²) in [6, 6.07) is 6.71. The second-order valence-corrected chi connectivity index (χ2v) is 6.52. The summed E-state index contributed by atoms with van der Waals surface area (Å²) in [7, 11) is 1.44. The van der Waals surface area contributed by atoms with Crippen LogP contribution in [0.25, 0.3) is 0 Å². The summed E-state index contributed by atoms with van der Waals surface area (Å²) in [5.74, 6) is -2.17. The summed E-state index contributed by atoms with van der Waals surface area (Å²) in [5.41, 5.74) is 0.870. The Bertz CT molecular complexity index is 724. The molecule has 23 heavy (non-hydrogen) atoms. The van der Waals surface area contributed by atoms with Crippen molar-refractivity contribution in [1.82, 2.24) is 4.90 Å². The summed E-state index contributed by atoms with van der Waals surface area (Å²) >= 11 is 0. The fourth-order valence-corrected chi connectivity index (χ4v) is 3.94. The molecule has 2 aliphatic heterocycles. The number of likely N-dealkylation sites (tertiary alicyclic amines) is 1. The molecule has 0 unspecified atom stereocenters. The van der Waals surface area contributed by atoms with Gasteiger partial charge in [0.1, 0.15) is 11.5 Å². The summed E-state index contributed by atoms with van der Waals surface area (Å²) in [5, 5.41) is 0. The van der Waals surface area contributed by atoms with Crippen LogP contribution in [-0.2, 0) is 9.59 Å². The highest BCUT2D eigenvalue weighted by Crippen LogP contribution is 2.52. The van der Waals surface area contributed by atoms with Crippen LogP contribution in [0.4, 0.5) is 4.32 Å². The van der Waals surface area contributed by atoms with Crippen LogP contribution in [0.2, 0.25) is 5.82 Å². The molecule has 0 N–H and O–H groups in total. The molecule has 0 spiro atoms. The van der Waals surface area contributed by atoms with Gasteiger partial charge in [0, 0.05) is 13.0 Å². The highest BCUT2D eigenvalue weighted by Gasteiger charge is 2.58. The predicted molar refractivity (Wildman–Crippen MR) is 81.4 cm³/mol. The third-order valence-electron chi connectivity index (χ3n) is 5.01. The lowest BCUT2D eigenvalue weighted by molar-refractivity contribution is -0.138. The second-order valence-electron chi connectivity index (χ2n) is 6.52. The second kappa shape index (κ2) is 4.60. The molecule has 4 rings (SSSR count). The number of fused-ring (bicyclic) bond motifs is 2. The Kier molecular flexibility index (Phi) is 2.86. The Labute approximate surface area is 133 Å². The molecule has 1 aliphatic carbocycles. The van der Waals surface area contributed by atoms with Crippen LogP contribution in [0, 0.1) is 11.8 Å². The van der Waals surface area contributed by atoms with Crippen molar-refractivity contribution in [3.63, 3.8) is 0 Å². The molecule has 120 valence electrons. The smallest absolute Gasteiger partial charge is 0.533 e. The van der Waals surface area contributed by atoms with E-state index in [9.17, 15) is 9.59 Å². The van der Waals surface area contributed by atoms with Crippen molar-refractivity contribution in [3.8, 4) is 11.5 Å². The first-order valence-electron chi connectivity index (χ1n) is 7.69. The summed E-state index contributed by atoms with van der Waals surface area (Å²) in [6.07, 6.45) is 2.16. The van der Waals surface area contributed by atoms with Crippen LogP contribution < -0.4 is 9.31 Å². The summed E-state index contributed by atoms with van der Waals surface area (Å²) < 4.78 is 26.4. The quantitative estimate of drug-likeness (QED) is 0.453. The highest BCUT2D eigenvalue weighted by molar-refractivity contribution is 6.65. The third kappa shape index (κ3) is 1.92. The molecule has 5 nitrogen and oxygen atoms in total. The van der Waals surface area contributed by atoms with Gasteiger partial charge in [-0.3, -0.25) is 14.5 Å². The van der Waals surface area contributed by atoms with E-state index in [0.29, 0.717) is 17.9 Å². The highest BCUT2D eigenvalue weighted by atomic mass is 19.1. The summed E-state index contributed by atoms with van der Waals surface area (Å²) in [4.78, 5) is 25.8. The molecule has 7 heteroatoms. The minimum Gasteiger partial charge on any atom is -0.654 e. The first-order valence-corrected chi connectivity index (χ1v) is 7.69. The van der Waals surface area contributed by atoms with E-state index in [1.54, 1.807) is 30.3 Å². The number of hydrogen-bond acceptors (Lipinski definition) is 4. The number of carbonyl (C=O) groups is 2. The number of carbonyl (C=O) groups excluding carboxylic acids is 2. The van der Waals surface area contributed by atoms with Crippen molar-refractivity contribution in [1.29, 1.82) is 0 Å². The molecule has 2 amide bonds. The maximum atomic E-state index is 15.5. The van der Waals surface area contributed by atoms with Crippen molar-refractivity contribution in [2.24, 2.45) is 11.8 Å². The molecule has 1 aromatic rings. The number of rotatable bonds is 1. The number of nitrogens with zero attached hydrogens (tertiary/aromatic N) is 1. The van der Waals surface area contributed by atoms with Crippen molar-refractivity contribution in [3.05, 3.63) is 35.9 Å². The monoisotopic (exact) mass is 316 g/mol. The van der Waals surface area contributed by atoms with Crippen LogP contribution in [0.1, 0.15) is 13.3 Å². The topological polar surface area (TPSA) is 55.8 Å². The Hall–Kier alpha value is -2.31. The molecule has 0 saturated carbocycles. The van der Waals surface area contributed by atoms with E-state index in [2.05, 4.69) is 0 Å². The maximum Gasteiger partial charge on any atom is 0.533 e. The van der Waals surface area contributed by atoms with Gasteiger partial charge in [-0.25, -0.2) is 0 Å².